The average Bonchev–Trinajstić information content (AvgIpc) is 3.46. The van der Waals surface area contributed by atoms with E-state index in [-0.39, 0.29) is 23.9 Å². The third-order valence-electron chi connectivity index (χ3n) is 6.82. The highest BCUT2D eigenvalue weighted by atomic mass is 16.6. The largest absolute Gasteiger partial charge is 0.489 e. The van der Waals surface area contributed by atoms with Gasteiger partial charge in [-0.2, -0.15) is 0 Å². The van der Waals surface area contributed by atoms with Crippen LogP contribution in [-0.4, -0.2) is 67.9 Å². The van der Waals surface area contributed by atoms with E-state index in [9.17, 15) is 4.79 Å². The van der Waals surface area contributed by atoms with Crippen LogP contribution < -0.4 is 15.0 Å². The van der Waals surface area contributed by atoms with Gasteiger partial charge in [-0.3, -0.25) is 9.69 Å². The zero-order valence-electron chi connectivity index (χ0n) is 20.3. The number of Topliss-reactive ketones (excluding diaryl/α,β-unsaturated/α-hetero) is 1. The van der Waals surface area contributed by atoms with Crippen LogP contribution in [-0.2, 0) is 9.63 Å². The van der Waals surface area contributed by atoms with Crippen molar-refractivity contribution in [1.82, 2.24) is 4.90 Å². The van der Waals surface area contributed by atoms with Gasteiger partial charge in [0.05, 0.1) is 17.7 Å². The van der Waals surface area contributed by atoms with Crippen molar-refractivity contribution in [3.05, 3.63) is 53.6 Å². The Morgan fingerprint density at radius 1 is 1.18 bits per heavy atom. The molecular weight excluding hydrogens is 428 g/mol. The molecule has 3 heterocycles. The van der Waals surface area contributed by atoms with E-state index in [1.807, 2.05) is 12.1 Å². The summed E-state index contributed by atoms with van der Waals surface area (Å²) in [6.45, 7) is 11.3. The van der Waals surface area contributed by atoms with Crippen molar-refractivity contribution in [2.75, 3.05) is 49.5 Å². The van der Waals surface area contributed by atoms with Gasteiger partial charge in [0.25, 0.3) is 0 Å². The lowest BCUT2D eigenvalue weighted by atomic mass is 9.91. The Balaban J connectivity index is 1.13. The highest BCUT2D eigenvalue weighted by molar-refractivity contribution is 6.42. The van der Waals surface area contributed by atoms with Crippen LogP contribution in [0.1, 0.15) is 37.3 Å². The molecule has 7 heteroatoms. The number of hydrogen-bond donors (Lipinski definition) is 1. The summed E-state index contributed by atoms with van der Waals surface area (Å²) in [4.78, 5) is 23.7. The second-order valence-corrected chi connectivity index (χ2v) is 9.78. The Bertz CT molecular complexity index is 1080. The first kappa shape index (κ1) is 22.7. The maximum atomic E-state index is 13.2. The van der Waals surface area contributed by atoms with Crippen LogP contribution in [0.2, 0.25) is 0 Å². The summed E-state index contributed by atoms with van der Waals surface area (Å²) in [5, 5.41) is 7.56. The van der Waals surface area contributed by atoms with Crippen LogP contribution in [0.5, 0.6) is 5.75 Å². The summed E-state index contributed by atoms with van der Waals surface area (Å²) in [5.41, 5.74) is 5.03. The number of rotatable bonds is 7. The summed E-state index contributed by atoms with van der Waals surface area (Å²) < 4.78 is 6.01. The number of benzene rings is 2. The Hall–Kier alpha value is -3.06. The fourth-order valence-corrected chi connectivity index (χ4v) is 5.09. The third-order valence-corrected chi connectivity index (χ3v) is 6.82. The third kappa shape index (κ3) is 4.75. The molecule has 0 amide bonds. The summed E-state index contributed by atoms with van der Waals surface area (Å²) in [5.74, 6) is 0.860. The van der Waals surface area contributed by atoms with Crippen molar-refractivity contribution in [2.45, 2.75) is 45.3 Å². The highest BCUT2D eigenvalue weighted by Crippen LogP contribution is 2.34. The minimum Gasteiger partial charge on any atom is -0.489 e. The minimum absolute atomic E-state index is 0.0617. The van der Waals surface area contributed by atoms with Gasteiger partial charge in [-0.15, -0.1) is 0 Å². The number of carbonyl (C=O) groups excluding carboxylic acids is 1. The molecule has 2 aromatic carbocycles. The van der Waals surface area contributed by atoms with Gasteiger partial charge in [0.2, 0.25) is 0 Å². The first-order valence-electron chi connectivity index (χ1n) is 12.3. The summed E-state index contributed by atoms with van der Waals surface area (Å²) >= 11 is 0. The van der Waals surface area contributed by atoms with E-state index in [2.05, 4.69) is 71.4 Å². The molecule has 2 unspecified atom stereocenters. The van der Waals surface area contributed by atoms with Gasteiger partial charge in [-0.25, -0.2) is 0 Å². The second kappa shape index (κ2) is 9.66. The quantitative estimate of drug-likeness (QED) is 0.675. The number of anilines is 2. The molecule has 2 atom stereocenters. The number of carbonyl (C=O) groups is 1. The molecular formula is C27H34N4O3. The number of aryl methyl sites for hydroxylation is 1. The van der Waals surface area contributed by atoms with E-state index in [4.69, 9.17) is 9.57 Å². The van der Waals surface area contributed by atoms with Crippen LogP contribution in [0, 0.1) is 6.92 Å². The molecule has 7 nitrogen and oxygen atoms in total. The smallest absolute Gasteiger partial charge is 0.189 e. The van der Waals surface area contributed by atoms with Gasteiger partial charge in [0.1, 0.15) is 17.6 Å². The van der Waals surface area contributed by atoms with Gasteiger partial charge in [-0.05, 0) is 44.5 Å². The molecule has 0 aromatic heterocycles. The molecule has 0 spiro atoms. The van der Waals surface area contributed by atoms with Crippen LogP contribution in [0.25, 0.3) is 0 Å². The molecule has 0 aliphatic carbocycles. The minimum atomic E-state index is -0.173. The first-order chi connectivity index (χ1) is 16.5. The van der Waals surface area contributed by atoms with Gasteiger partial charge in [0, 0.05) is 51.4 Å². The van der Waals surface area contributed by atoms with E-state index in [1.54, 1.807) is 0 Å². The lowest BCUT2D eigenvalue weighted by Gasteiger charge is -2.37. The maximum Gasteiger partial charge on any atom is 0.189 e. The number of para-hydroxylation sites is 2. The molecule has 0 saturated carbocycles. The molecule has 0 bridgehead atoms. The molecule has 1 saturated heterocycles. The molecule has 1 N–H and O–H groups in total. The Morgan fingerprint density at radius 2 is 1.97 bits per heavy atom. The molecule has 3 aliphatic heterocycles. The van der Waals surface area contributed by atoms with Crippen molar-refractivity contribution in [3.63, 3.8) is 0 Å². The van der Waals surface area contributed by atoms with Crippen LogP contribution >= 0.6 is 0 Å². The normalized spacial score (nSPS) is 22.2. The lowest BCUT2D eigenvalue weighted by Crippen LogP contribution is -2.48. The van der Waals surface area contributed by atoms with Crippen molar-refractivity contribution >= 4 is 22.9 Å². The number of hydrogen-bond acceptors (Lipinski definition) is 7. The zero-order chi connectivity index (χ0) is 23.7. The number of piperazine rings is 1. The molecule has 34 heavy (non-hydrogen) atoms. The van der Waals surface area contributed by atoms with Crippen LogP contribution in [0.3, 0.4) is 0 Å². The summed E-state index contributed by atoms with van der Waals surface area (Å²) in [7, 11) is 0. The van der Waals surface area contributed by atoms with E-state index in [0.29, 0.717) is 18.7 Å². The monoisotopic (exact) mass is 462 g/mol. The number of ketones is 1. The van der Waals surface area contributed by atoms with Gasteiger partial charge in [0.15, 0.2) is 5.78 Å². The van der Waals surface area contributed by atoms with Gasteiger partial charge in [-0.1, -0.05) is 35.0 Å². The number of fused-ring (bicyclic) bond motifs is 1. The van der Waals surface area contributed by atoms with E-state index >= 15 is 0 Å². The Kier molecular flexibility index (Phi) is 6.46. The summed E-state index contributed by atoms with van der Waals surface area (Å²) in [6.07, 6.45) is 0.673. The van der Waals surface area contributed by atoms with E-state index in [1.165, 1.54) is 5.56 Å². The number of nitrogens with one attached hydrogen (secondary N) is 1. The predicted octanol–water partition coefficient (Wildman–Crippen LogP) is 3.83. The fraction of sp³-hybridized carbons (Fsp3) is 0.481. The second-order valence-electron chi connectivity index (χ2n) is 9.78. The summed E-state index contributed by atoms with van der Waals surface area (Å²) in [6, 6.07) is 14.5. The average molecular weight is 463 g/mol. The molecule has 3 aliphatic rings. The number of ether oxygens (including phenoxy) is 1. The Morgan fingerprint density at radius 3 is 2.76 bits per heavy atom. The molecule has 1 fully saturated rings. The van der Waals surface area contributed by atoms with Crippen molar-refractivity contribution in [3.8, 4) is 5.75 Å². The SMILES string of the molecule is Cc1ccc2c(c1)C(C(=O)C1=NOC(CN3CCN(c4ccccc4OC(C)C)CC3)C1)CN2. The molecule has 2 aromatic rings. The predicted molar refractivity (Wildman–Crippen MR) is 135 cm³/mol. The zero-order valence-corrected chi connectivity index (χ0v) is 20.3. The van der Waals surface area contributed by atoms with E-state index < -0.39 is 0 Å². The van der Waals surface area contributed by atoms with Gasteiger partial charge >= 0.3 is 0 Å². The fourth-order valence-electron chi connectivity index (χ4n) is 5.09. The van der Waals surface area contributed by atoms with Crippen LogP contribution in [0.15, 0.2) is 47.6 Å². The topological polar surface area (TPSA) is 66.4 Å². The first-order valence-corrected chi connectivity index (χ1v) is 12.3. The Labute approximate surface area is 201 Å². The highest BCUT2D eigenvalue weighted by Gasteiger charge is 2.36. The molecule has 0 radical (unpaired) electrons. The maximum absolute atomic E-state index is 13.2. The van der Waals surface area contributed by atoms with Crippen LogP contribution in [0.4, 0.5) is 11.4 Å². The standard InChI is InChI=1S/C27H34N4O3/c1-18(2)33-26-7-5-4-6-25(26)31-12-10-30(11-13-31)17-20-15-24(29-34-20)27(32)22-16-28-23-9-8-19(3)14-21(22)23/h4-9,14,18,20,22,28H,10-13,15-17H2,1-3H3. The van der Waals surface area contributed by atoms with Crippen molar-refractivity contribution < 1.29 is 14.4 Å². The van der Waals surface area contributed by atoms with Crippen molar-refractivity contribution in [2.24, 2.45) is 5.16 Å². The number of oxime groups is 1. The lowest BCUT2D eigenvalue weighted by molar-refractivity contribution is -0.114. The molecule has 5 rings (SSSR count). The van der Waals surface area contributed by atoms with Crippen molar-refractivity contribution in [1.29, 1.82) is 0 Å². The van der Waals surface area contributed by atoms with Gasteiger partial charge < -0.3 is 19.8 Å². The molecule has 180 valence electrons. The van der Waals surface area contributed by atoms with E-state index in [0.717, 1.165) is 55.4 Å². The number of nitrogens with zero attached hydrogens (tertiary/aromatic N) is 3.